The molecule has 0 bridgehead atoms. The van der Waals surface area contributed by atoms with E-state index in [-0.39, 0.29) is 12.5 Å². The second-order valence-electron chi connectivity index (χ2n) is 6.23. The molecular formula is C21H24N4O4. The molecule has 3 N–H and O–H groups in total. The molecule has 0 radical (unpaired) electrons. The van der Waals surface area contributed by atoms with Crippen LogP contribution in [-0.4, -0.2) is 37.1 Å². The number of aryl methyl sites for hydroxylation is 1. The van der Waals surface area contributed by atoms with Crippen LogP contribution in [0.5, 0.6) is 5.75 Å². The molecule has 0 fully saturated rings. The van der Waals surface area contributed by atoms with Crippen LogP contribution < -0.4 is 20.8 Å². The van der Waals surface area contributed by atoms with Gasteiger partial charge in [-0.25, -0.2) is 5.43 Å². The summed E-state index contributed by atoms with van der Waals surface area (Å²) in [7, 11) is 0. The van der Waals surface area contributed by atoms with Crippen molar-refractivity contribution in [1.29, 1.82) is 0 Å². The molecule has 0 heterocycles. The first-order valence-corrected chi connectivity index (χ1v) is 9.18. The maximum absolute atomic E-state index is 11.9. The number of nitrogens with zero attached hydrogens (tertiary/aromatic N) is 1. The fraction of sp³-hybridized carbons (Fsp3) is 0.238. The van der Waals surface area contributed by atoms with Gasteiger partial charge in [0.15, 0.2) is 6.61 Å². The number of benzene rings is 2. The highest BCUT2D eigenvalue weighted by Gasteiger charge is 2.10. The summed E-state index contributed by atoms with van der Waals surface area (Å²) in [6.45, 7) is 4.17. The van der Waals surface area contributed by atoms with E-state index in [1.165, 1.54) is 6.21 Å². The predicted molar refractivity (Wildman–Crippen MR) is 111 cm³/mol. The number of amides is 3. The molecule has 8 nitrogen and oxygen atoms in total. The fourth-order valence-corrected chi connectivity index (χ4v) is 2.17. The summed E-state index contributed by atoms with van der Waals surface area (Å²) in [4.78, 5) is 34.8. The minimum absolute atomic E-state index is 0.121. The number of carbonyl (C=O) groups is 3. The molecule has 0 aliphatic heterocycles. The Bertz CT molecular complexity index is 861. The Kier molecular flexibility index (Phi) is 8.37. The first-order valence-electron chi connectivity index (χ1n) is 9.18. The van der Waals surface area contributed by atoms with Gasteiger partial charge in [-0.1, -0.05) is 24.6 Å². The molecule has 3 amide bonds. The van der Waals surface area contributed by atoms with Gasteiger partial charge in [-0.2, -0.15) is 5.10 Å². The summed E-state index contributed by atoms with van der Waals surface area (Å²) in [6.07, 6.45) is 2.14. The average molecular weight is 396 g/mol. The van der Waals surface area contributed by atoms with Gasteiger partial charge in [-0.05, 0) is 55.3 Å². The van der Waals surface area contributed by atoms with Crippen LogP contribution >= 0.6 is 0 Å². The number of rotatable bonds is 8. The number of nitrogens with one attached hydrogen (secondary N) is 3. The van der Waals surface area contributed by atoms with E-state index in [9.17, 15) is 14.4 Å². The van der Waals surface area contributed by atoms with Crippen molar-refractivity contribution < 1.29 is 19.1 Å². The largest absolute Gasteiger partial charge is 0.484 e. The summed E-state index contributed by atoms with van der Waals surface area (Å²) < 4.78 is 5.45. The van der Waals surface area contributed by atoms with E-state index < -0.39 is 11.8 Å². The number of hydrogen-bond acceptors (Lipinski definition) is 5. The molecule has 0 saturated heterocycles. The van der Waals surface area contributed by atoms with E-state index in [2.05, 4.69) is 21.2 Å². The molecule has 2 aromatic rings. The van der Waals surface area contributed by atoms with Gasteiger partial charge >= 0.3 is 11.8 Å². The van der Waals surface area contributed by atoms with Crippen molar-refractivity contribution in [2.45, 2.75) is 20.3 Å². The molecule has 0 spiro atoms. The number of hydrogen-bond donors (Lipinski definition) is 3. The Balaban J connectivity index is 1.76. The zero-order chi connectivity index (χ0) is 21.1. The average Bonchev–Trinajstić information content (AvgIpc) is 2.73. The third kappa shape index (κ3) is 7.84. The van der Waals surface area contributed by atoms with Crippen LogP contribution in [0.25, 0.3) is 0 Å². The lowest BCUT2D eigenvalue weighted by atomic mass is 10.2. The monoisotopic (exact) mass is 396 g/mol. The standard InChI is InChI=1S/C21H24N4O4/c1-3-12-22-20(27)21(28)25-23-13-16-6-10-18(11-7-16)29-14-19(26)24-17-8-4-15(2)5-9-17/h4-11,13H,3,12,14H2,1-2H3,(H,22,27)(H,24,26)(H,25,28)/b23-13-. The molecule has 2 rings (SSSR count). The molecule has 0 atom stereocenters. The molecule has 152 valence electrons. The Hall–Kier alpha value is -3.68. The lowest BCUT2D eigenvalue weighted by Crippen LogP contribution is -2.38. The Morgan fingerprint density at radius 3 is 2.34 bits per heavy atom. The number of anilines is 1. The first kappa shape index (κ1) is 21.6. The van der Waals surface area contributed by atoms with E-state index in [1.807, 2.05) is 38.1 Å². The quantitative estimate of drug-likeness (QED) is 0.360. The molecule has 0 aromatic heterocycles. The van der Waals surface area contributed by atoms with Crippen molar-refractivity contribution in [3.05, 3.63) is 59.7 Å². The smallest absolute Gasteiger partial charge is 0.329 e. The minimum Gasteiger partial charge on any atom is -0.484 e. The zero-order valence-corrected chi connectivity index (χ0v) is 16.4. The molecule has 0 unspecified atom stereocenters. The predicted octanol–water partition coefficient (Wildman–Crippen LogP) is 1.99. The van der Waals surface area contributed by atoms with Gasteiger partial charge in [0.1, 0.15) is 5.75 Å². The van der Waals surface area contributed by atoms with Crippen molar-refractivity contribution in [1.82, 2.24) is 10.7 Å². The van der Waals surface area contributed by atoms with Gasteiger partial charge in [-0.15, -0.1) is 0 Å². The minimum atomic E-state index is -0.825. The van der Waals surface area contributed by atoms with Crippen molar-refractivity contribution in [2.75, 3.05) is 18.5 Å². The van der Waals surface area contributed by atoms with Gasteiger partial charge in [0.05, 0.1) is 6.21 Å². The lowest BCUT2D eigenvalue weighted by molar-refractivity contribution is -0.139. The molecule has 2 aromatic carbocycles. The summed E-state index contributed by atoms with van der Waals surface area (Å²) >= 11 is 0. The SMILES string of the molecule is CCCNC(=O)C(=O)N/N=C\c1ccc(OCC(=O)Nc2ccc(C)cc2)cc1. The normalized spacial score (nSPS) is 10.4. The van der Waals surface area contributed by atoms with E-state index in [4.69, 9.17) is 4.74 Å². The van der Waals surface area contributed by atoms with E-state index in [0.717, 1.165) is 12.0 Å². The van der Waals surface area contributed by atoms with Crippen molar-refractivity contribution in [3.63, 3.8) is 0 Å². The summed E-state index contributed by atoms with van der Waals surface area (Å²) in [5.74, 6) is -1.29. The topological polar surface area (TPSA) is 109 Å². The van der Waals surface area contributed by atoms with Gasteiger partial charge in [0.25, 0.3) is 5.91 Å². The number of hydrazone groups is 1. The van der Waals surface area contributed by atoms with Crippen LogP contribution in [0.3, 0.4) is 0 Å². The summed E-state index contributed by atoms with van der Waals surface area (Å²) in [6, 6.07) is 14.3. The van der Waals surface area contributed by atoms with Crippen LogP contribution in [0.15, 0.2) is 53.6 Å². The summed E-state index contributed by atoms with van der Waals surface area (Å²) in [5, 5.41) is 8.95. The fourth-order valence-electron chi connectivity index (χ4n) is 2.17. The van der Waals surface area contributed by atoms with Crippen molar-refractivity contribution in [2.24, 2.45) is 5.10 Å². The van der Waals surface area contributed by atoms with Crippen LogP contribution in [0, 0.1) is 6.92 Å². The maximum atomic E-state index is 11.9. The highest BCUT2D eigenvalue weighted by atomic mass is 16.5. The highest BCUT2D eigenvalue weighted by molar-refractivity contribution is 6.35. The van der Waals surface area contributed by atoms with E-state index in [0.29, 0.717) is 23.5 Å². The number of carbonyl (C=O) groups excluding carboxylic acids is 3. The van der Waals surface area contributed by atoms with Crippen molar-refractivity contribution in [3.8, 4) is 5.75 Å². The third-order valence-electron chi connectivity index (χ3n) is 3.71. The second kappa shape index (κ2) is 11.2. The Morgan fingerprint density at radius 2 is 1.69 bits per heavy atom. The number of ether oxygens (including phenoxy) is 1. The second-order valence-corrected chi connectivity index (χ2v) is 6.23. The first-order chi connectivity index (χ1) is 14.0. The van der Waals surface area contributed by atoms with Crippen LogP contribution in [-0.2, 0) is 14.4 Å². The molecule has 0 aliphatic rings. The molecule has 29 heavy (non-hydrogen) atoms. The van der Waals surface area contributed by atoms with Gasteiger partial charge < -0.3 is 15.4 Å². The van der Waals surface area contributed by atoms with Crippen LogP contribution in [0.1, 0.15) is 24.5 Å². The van der Waals surface area contributed by atoms with Crippen LogP contribution in [0.2, 0.25) is 0 Å². The van der Waals surface area contributed by atoms with Gasteiger partial charge in [-0.3, -0.25) is 14.4 Å². The van der Waals surface area contributed by atoms with Crippen LogP contribution in [0.4, 0.5) is 5.69 Å². The maximum Gasteiger partial charge on any atom is 0.329 e. The highest BCUT2D eigenvalue weighted by Crippen LogP contribution is 2.12. The molecular weight excluding hydrogens is 372 g/mol. The van der Waals surface area contributed by atoms with Gasteiger partial charge in [0, 0.05) is 12.2 Å². The van der Waals surface area contributed by atoms with E-state index >= 15 is 0 Å². The van der Waals surface area contributed by atoms with E-state index in [1.54, 1.807) is 24.3 Å². The summed E-state index contributed by atoms with van der Waals surface area (Å²) in [5.41, 5.74) is 4.67. The third-order valence-corrected chi connectivity index (χ3v) is 3.71. The zero-order valence-electron chi connectivity index (χ0n) is 16.4. The van der Waals surface area contributed by atoms with Gasteiger partial charge in [0.2, 0.25) is 0 Å². The van der Waals surface area contributed by atoms with Crippen molar-refractivity contribution >= 4 is 29.6 Å². The molecule has 0 saturated carbocycles. The Labute approximate surface area is 169 Å². The molecule has 0 aliphatic carbocycles. The lowest BCUT2D eigenvalue weighted by Gasteiger charge is -2.08. The Morgan fingerprint density at radius 1 is 1.00 bits per heavy atom. The molecule has 8 heteroatoms.